The van der Waals surface area contributed by atoms with Crippen LogP contribution in [0.4, 0.5) is 26.3 Å². The van der Waals surface area contributed by atoms with Crippen molar-refractivity contribution >= 4 is 5.71 Å². The van der Waals surface area contributed by atoms with Crippen LogP contribution in [0.1, 0.15) is 17.5 Å². The predicted octanol–water partition coefficient (Wildman–Crippen LogP) is 4.15. The van der Waals surface area contributed by atoms with Crippen LogP contribution in [0.15, 0.2) is 41.7 Å². The lowest BCUT2D eigenvalue weighted by Crippen LogP contribution is -2.45. The molecule has 2 heterocycles. The van der Waals surface area contributed by atoms with E-state index in [2.05, 4.69) is 15.0 Å². The summed E-state index contributed by atoms with van der Waals surface area (Å²) in [5.74, 6) is -3.64. The van der Waals surface area contributed by atoms with E-state index in [0.717, 1.165) is 12.3 Å². The second-order valence-electron chi connectivity index (χ2n) is 5.94. The number of oxime groups is 1. The summed E-state index contributed by atoms with van der Waals surface area (Å²) in [4.78, 5) is 7.89. The Morgan fingerprint density at radius 2 is 1.68 bits per heavy atom. The smallest absolute Gasteiger partial charge is 0.458 e. The zero-order valence-corrected chi connectivity index (χ0v) is 14.1. The highest BCUT2D eigenvalue weighted by Crippen LogP contribution is 2.40. The van der Waals surface area contributed by atoms with Gasteiger partial charge in [-0.05, 0) is 11.1 Å². The monoisotopic (exact) mass is 406 g/mol. The van der Waals surface area contributed by atoms with Crippen molar-refractivity contribution in [3.05, 3.63) is 47.7 Å². The lowest BCUT2D eigenvalue weighted by Gasteiger charge is -2.22. The van der Waals surface area contributed by atoms with Crippen LogP contribution < -0.4 is 4.74 Å². The van der Waals surface area contributed by atoms with Crippen molar-refractivity contribution in [3.8, 4) is 17.0 Å². The average molecular weight is 406 g/mol. The van der Waals surface area contributed by atoms with Gasteiger partial charge in [0.1, 0.15) is 0 Å². The van der Waals surface area contributed by atoms with Crippen LogP contribution in [0.3, 0.4) is 0 Å². The summed E-state index contributed by atoms with van der Waals surface area (Å²) in [6.45, 7) is 0. The molecule has 1 unspecified atom stereocenters. The molecule has 0 fully saturated rings. The first-order chi connectivity index (χ1) is 12.9. The van der Waals surface area contributed by atoms with Gasteiger partial charge in [-0.15, -0.1) is 0 Å². The van der Waals surface area contributed by atoms with Crippen molar-refractivity contribution in [2.24, 2.45) is 5.16 Å². The van der Waals surface area contributed by atoms with Gasteiger partial charge in [0.2, 0.25) is 5.88 Å². The fourth-order valence-corrected chi connectivity index (χ4v) is 2.58. The first kappa shape index (κ1) is 19.9. The van der Waals surface area contributed by atoms with Crippen LogP contribution in [0.5, 0.6) is 5.88 Å². The van der Waals surface area contributed by atoms with Crippen molar-refractivity contribution < 1.29 is 41.0 Å². The number of ether oxygens (including phenoxy) is 1. The number of hydrogen-bond acceptors (Lipinski definition) is 5. The standard InChI is InChI=1S/C17H12F6N2O3/c1-27-14-6-12(16(18,19)20)11(8-24-14)9-2-4-10(5-3-9)13-7-15(26,28-25-13)17(21,22)23/h2-6,8,26H,7H2,1H3. The molecule has 0 bridgehead atoms. The maximum atomic E-state index is 13.3. The summed E-state index contributed by atoms with van der Waals surface area (Å²) in [7, 11) is 1.18. The highest BCUT2D eigenvalue weighted by molar-refractivity contribution is 6.01. The van der Waals surface area contributed by atoms with Gasteiger partial charge in [0.05, 0.1) is 24.8 Å². The van der Waals surface area contributed by atoms with Gasteiger partial charge < -0.3 is 14.7 Å². The summed E-state index contributed by atoms with van der Waals surface area (Å²) in [5, 5.41) is 12.7. The largest absolute Gasteiger partial charge is 0.481 e. The number of nitrogens with zero attached hydrogens (tertiary/aromatic N) is 2. The number of rotatable bonds is 3. The molecule has 0 saturated heterocycles. The first-order valence-corrected chi connectivity index (χ1v) is 7.71. The third-order valence-corrected chi connectivity index (χ3v) is 4.08. The number of alkyl halides is 6. The predicted molar refractivity (Wildman–Crippen MR) is 84.5 cm³/mol. The fraction of sp³-hybridized carbons (Fsp3) is 0.294. The molecule has 1 aliphatic heterocycles. The van der Waals surface area contributed by atoms with Crippen LogP contribution in [-0.4, -0.2) is 34.9 Å². The number of methoxy groups -OCH3 is 1. The first-order valence-electron chi connectivity index (χ1n) is 7.71. The third-order valence-electron chi connectivity index (χ3n) is 4.08. The second kappa shape index (κ2) is 6.66. The van der Waals surface area contributed by atoms with E-state index in [1.54, 1.807) is 0 Å². The molecule has 0 amide bonds. The quantitative estimate of drug-likeness (QED) is 0.778. The molecule has 3 rings (SSSR count). The van der Waals surface area contributed by atoms with E-state index in [4.69, 9.17) is 4.74 Å². The van der Waals surface area contributed by atoms with E-state index < -0.39 is 30.1 Å². The van der Waals surface area contributed by atoms with Gasteiger partial charge in [-0.3, -0.25) is 0 Å². The van der Waals surface area contributed by atoms with Crippen molar-refractivity contribution in [3.63, 3.8) is 0 Å². The number of aromatic nitrogens is 1. The van der Waals surface area contributed by atoms with E-state index in [0.29, 0.717) is 0 Å². The van der Waals surface area contributed by atoms with Gasteiger partial charge in [-0.1, -0.05) is 29.4 Å². The van der Waals surface area contributed by atoms with Gasteiger partial charge >= 0.3 is 18.1 Å². The van der Waals surface area contributed by atoms with E-state index >= 15 is 0 Å². The van der Waals surface area contributed by atoms with E-state index in [1.165, 1.54) is 31.4 Å². The topological polar surface area (TPSA) is 63.9 Å². The average Bonchev–Trinajstić information content (AvgIpc) is 3.04. The molecule has 5 nitrogen and oxygen atoms in total. The zero-order chi connectivity index (χ0) is 20.7. The van der Waals surface area contributed by atoms with Crippen molar-refractivity contribution in [1.29, 1.82) is 0 Å². The number of aliphatic hydroxyl groups is 1. The highest BCUT2D eigenvalue weighted by atomic mass is 19.4. The molecular formula is C17H12F6N2O3. The molecule has 1 aromatic carbocycles. The van der Waals surface area contributed by atoms with Gasteiger partial charge in [0.25, 0.3) is 0 Å². The van der Waals surface area contributed by atoms with Gasteiger partial charge in [-0.25, -0.2) is 4.98 Å². The molecule has 0 radical (unpaired) electrons. The molecule has 1 aromatic heterocycles. The number of benzene rings is 1. The van der Waals surface area contributed by atoms with Gasteiger partial charge in [-0.2, -0.15) is 26.3 Å². The van der Waals surface area contributed by atoms with Crippen LogP contribution >= 0.6 is 0 Å². The Hall–Kier alpha value is -2.82. The second-order valence-corrected chi connectivity index (χ2v) is 5.94. The molecule has 150 valence electrons. The molecule has 11 heteroatoms. The third kappa shape index (κ3) is 3.61. The van der Waals surface area contributed by atoms with Crippen LogP contribution in [-0.2, 0) is 11.0 Å². The lowest BCUT2D eigenvalue weighted by molar-refractivity contribution is -0.355. The lowest BCUT2D eigenvalue weighted by atomic mass is 9.97. The van der Waals surface area contributed by atoms with Crippen LogP contribution in [0, 0.1) is 0 Å². The summed E-state index contributed by atoms with van der Waals surface area (Å²) >= 11 is 0. The van der Waals surface area contributed by atoms with Crippen molar-refractivity contribution in [2.45, 2.75) is 24.6 Å². The molecule has 1 aliphatic rings. The van der Waals surface area contributed by atoms with Gasteiger partial charge in [0.15, 0.2) is 0 Å². The normalized spacial score (nSPS) is 19.9. The maximum Gasteiger partial charge on any atom is 0.458 e. The molecule has 0 spiro atoms. The van der Waals surface area contributed by atoms with E-state index in [9.17, 15) is 31.4 Å². The Morgan fingerprint density at radius 1 is 1.07 bits per heavy atom. The van der Waals surface area contributed by atoms with E-state index in [-0.39, 0.29) is 28.3 Å². The van der Waals surface area contributed by atoms with Crippen LogP contribution in [0.25, 0.3) is 11.1 Å². The number of hydrogen-bond donors (Lipinski definition) is 1. The number of pyridine rings is 1. The minimum Gasteiger partial charge on any atom is -0.481 e. The molecule has 0 aliphatic carbocycles. The SMILES string of the molecule is COc1cc(C(F)(F)F)c(-c2ccc(C3=NOC(O)(C(F)(F)F)C3)cc2)cn1. The highest BCUT2D eigenvalue weighted by Gasteiger charge is 2.60. The molecule has 2 aromatic rings. The number of halogens is 6. The van der Waals surface area contributed by atoms with Crippen LogP contribution in [0.2, 0.25) is 0 Å². The zero-order valence-electron chi connectivity index (χ0n) is 14.1. The summed E-state index contributed by atoms with van der Waals surface area (Å²) in [5.41, 5.74) is -1.08. The molecule has 0 saturated carbocycles. The summed E-state index contributed by atoms with van der Waals surface area (Å²) < 4.78 is 83.0. The maximum absolute atomic E-state index is 13.3. The Morgan fingerprint density at radius 3 is 2.18 bits per heavy atom. The molecular weight excluding hydrogens is 394 g/mol. The minimum atomic E-state index is -5.05. The Labute approximate surface area is 154 Å². The Balaban J connectivity index is 1.91. The van der Waals surface area contributed by atoms with E-state index in [1.807, 2.05) is 0 Å². The Bertz CT molecular complexity index is 909. The van der Waals surface area contributed by atoms with Crippen molar-refractivity contribution in [1.82, 2.24) is 4.98 Å². The summed E-state index contributed by atoms with van der Waals surface area (Å²) in [6.07, 6.45) is -9.66. The van der Waals surface area contributed by atoms with Gasteiger partial charge in [0, 0.05) is 17.8 Å². The fourth-order valence-electron chi connectivity index (χ4n) is 2.58. The minimum absolute atomic E-state index is 0.136. The van der Waals surface area contributed by atoms with Crippen molar-refractivity contribution in [2.75, 3.05) is 7.11 Å². The summed E-state index contributed by atoms with van der Waals surface area (Å²) in [6, 6.07) is 5.87. The molecule has 1 atom stereocenters. The molecule has 1 N–H and O–H groups in total. The molecule has 28 heavy (non-hydrogen) atoms. The Kier molecular flexibility index (Phi) is 4.74.